The van der Waals surface area contributed by atoms with Crippen LogP contribution < -0.4 is 10.1 Å². The molecule has 1 heterocycles. The molecule has 84 valence electrons. The van der Waals surface area contributed by atoms with E-state index in [0.717, 1.165) is 24.2 Å². The molecule has 1 aromatic carbocycles. The molecule has 0 saturated heterocycles. The molecule has 1 N–H and O–H groups in total. The lowest BCUT2D eigenvalue weighted by Crippen LogP contribution is -2.17. The Bertz CT molecular complexity index is 354. The Kier molecular flexibility index (Phi) is 3.34. The van der Waals surface area contributed by atoms with Gasteiger partial charge in [0.05, 0.1) is 0 Å². The molecule has 1 aliphatic heterocycles. The first-order valence-corrected chi connectivity index (χ1v) is 4.17. The lowest BCUT2D eigenvalue weighted by Gasteiger charge is -2.09. The molecule has 0 saturated carbocycles. The monoisotopic (exact) mass is 239 g/mol. The van der Waals surface area contributed by atoms with Crippen LogP contribution in [0.2, 0.25) is 0 Å². The van der Waals surface area contributed by atoms with E-state index in [0.29, 0.717) is 0 Å². The highest BCUT2D eigenvalue weighted by molar-refractivity contribution is 5.85. The van der Waals surface area contributed by atoms with Gasteiger partial charge in [-0.1, -0.05) is 0 Å². The molecule has 0 amide bonds. The number of ether oxygens (including phenoxy) is 1. The van der Waals surface area contributed by atoms with Gasteiger partial charge in [0.1, 0.15) is 5.75 Å². The van der Waals surface area contributed by atoms with Gasteiger partial charge in [0.2, 0.25) is 0 Å². The van der Waals surface area contributed by atoms with Crippen molar-refractivity contribution in [2.24, 2.45) is 0 Å². The lowest BCUT2D eigenvalue weighted by atomic mass is 10.1. The van der Waals surface area contributed by atoms with Gasteiger partial charge in [0, 0.05) is 12.2 Å². The van der Waals surface area contributed by atoms with Gasteiger partial charge >= 0.3 is 6.36 Å². The van der Waals surface area contributed by atoms with Crippen LogP contribution in [0.5, 0.6) is 5.75 Å². The van der Waals surface area contributed by atoms with Crippen LogP contribution in [0.4, 0.5) is 18.9 Å². The Morgan fingerprint density at radius 1 is 1.27 bits per heavy atom. The summed E-state index contributed by atoms with van der Waals surface area (Å²) in [6.45, 7) is 0.769. The van der Waals surface area contributed by atoms with Crippen LogP contribution >= 0.6 is 12.4 Å². The molecule has 0 unspecified atom stereocenters. The molecule has 0 bridgehead atoms. The maximum absolute atomic E-state index is 11.9. The van der Waals surface area contributed by atoms with Gasteiger partial charge in [-0.05, 0) is 30.2 Å². The predicted octanol–water partition coefficient (Wildman–Crippen LogP) is 2.98. The molecule has 0 aliphatic carbocycles. The van der Waals surface area contributed by atoms with Crippen LogP contribution in [-0.2, 0) is 6.42 Å². The summed E-state index contributed by atoms with van der Waals surface area (Å²) in [6.07, 6.45) is -3.87. The van der Waals surface area contributed by atoms with E-state index in [2.05, 4.69) is 10.1 Å². The van der Waals surface area contributed by atoms with Crippen molar-refractivity contribution >= 4 is 18.1 Å². The average Bonchev–Trinajstić information content (AvgIpc) is 2.47. The lowest BCUT2D eigenvalue weighted by molar-refractivity contribution is -0.274. The second-order valence-electron chi connectivity index (χ2n) is 3.04. The van der Waals surface area contributed by atoms with E-state index in [1.807, 2.05) is 0 Å². The third kappa shape index (κ3) is 2.92. The SMILES string of the molecule is Cl.FC(F)(F)Oc1ccc2c(c1)CCN2. The molecule has 2 rings (SSSR count). The maximum atomic E-state index is 11.9. The molecule has 0 spiro atoms. The van der Waals surface area contributed by atoms with Crippen molar-refractivity contribution in [3.63, 3.8) is 0 Å². The van der Waals surface area contributed by atoms with Crippen molar-refractivity contribution < 1.29 is 17.9 Å². The topological polar surface area (TPSA) is 21.3 Å². The van der Waals surface area contributed by atoms with Crippen LogP contribution in [0.15, 0.2) is 18.2 Å². The Morgan fingerprint density at radius 2 is 2.00 bits per heavy atom. The highest BCUT2D eigenvalue weighted by atomic mass is 35.5. The zero-order valence-electron chi connectivity index (χ0n) is 7.60. The fraction of sp³-hybridized carbons (Fsp3) is 0.333. The predicted molar refractivity (Wildman–Crippen MR) is 52.6 cm³/mol. The number of fused-ring (bicyclic) bond motifs is 1. The third-order valence-electron chi connectivity index (χ3n) is 2.02. The Hall–Kier alpha value is -1.10. The van der Waals surface area contributed by atoms with Crippen LogP contribution in [-0.4, -0.2) is 12.9 Å². The summed E-state index contributed by atoms with van der Waals surface area (Å²) >= 11 is 0. The third-order valence-corrected chi connectivity index (χ3v) is 2.02. The van der Waals surface area contributed by atoms with E-state index in [-0.39, 0.29) is 18.2 Å². The fourth-order valence-electron chi connectivity index (χ4n) is 1.48. The average molecular weight is 240 g/mol. The van der Waals surface area contributed by atoms with Crippen LogP contribution in [0.25, 0.3) is 0 Å². The van der Waals surface area contributed by atoms with Crippen molar-refractivity contribution in [2.75, 3.05) is 11.9 Å². The van der Waals surface area contributed by atoms with Gasteiger partial charge < -0.3 is 10.1 Å². The molecule has 15 heavy (non-hydrogen) atoms. The van der Waals surface area contributed by atoms with Gasteiger partial charge in [0.15, 0.2) is 0 Å². The van der Waals surface area contributed by atoms with Gasteiger partial charge in [-0.3, -0.25) is 0 Å². The Labute approximate surface area is 90.8 Å². The van der Waals surface area contributed by atoms with E-state index in [4.69, 9.17) is 0 Å². The summed E-state index contributed by atoms with van der Waals surface area (Å²) in [5, 5.41) is 3.05. The van der Waals surface area contributed by atoms with E-state index in [9.17, 15) is 13.2 Å². The molecule has 0 aromatic heterocycles. The number of nitrogens with one attached hydrogen (secondary N) is 1. The first kappa shape index (κ1) is 12.0. The van der Waals surface area contributed by atoms with Gasteiger partial charge in [-0.2, -0.15) is 0 Å². The molecular formula is C9H9ClF3NO. The van der Waals surface area contributed by atoms with Crippen molar-refractivity contribution in [2.45, 2.75) is 12.8 Å². The summed E-state index contributed by atoms with van der Waals surface area (Å²) in [5.41, 5.74) is 1.76. The number of hydrogen-bond donors (Lipinski definition) is 1. The van der Waals surface area contributed by atoms with Gasteiger partial charge in [0.25, 0.3) is 0 Å². The van der Waals surface area contributed by atoms with E-state index >= 15 is 0 Å². The first-order valence-electron chi connectivity index (χ1n) is 4.17. The molecule has 1 aliphatic rings. The minimum Gasteiger partial charge on any atom is -0.406 e. The number of hydrogen-bond acceptors (Lipinski definition) is 2. The molecule has 6 heteroatoms. The first-order chi connectivity index (χ1) is 6.54. The fourth-order valence-corrected chi connectivity index (χ4v) is 1.48. The highest BCUT2D eigenvalue weighted by Gasteiger charge is 2.31. The number of rotatable bonds is 1. The molecule has 2 nitrogen and oxygen atoms in total. The normalized spacial score (nSPS) is 13.8. The smallest absolute Gasteiger partial charge is 0.406 e. The standard InChI is InChI=1S/C9H8F3NO.ClH/c10-9(11,12)14-7-1-2-8-6(5-7)3-4-13-8;/h1-2,5,13H,3-4H2;1H. The van der Waals surface area contributed by atoms with Crippen molar-refractivity contribution in [1.29, 1.82) is 0 Å². The summed E-state index contributed by atoms with van der Waals surface area (Å²) in [6, 6.07) is 4.33. The Balaban J connectivity index is 0.00000112. The number of alkyl halides is 3. The molecule has 0 atom stereocenters. The maximum Gasteiger partial charge on any atom is 0.573 e. The zero-order chi connectivity index (χ0) is 10.2. The summed E-state index contributed by atoms with van der Waals surface area (Å²) < 4.78 is 39.4. The summed E-state index contributed by atoms with van der Waals surface area (Å²) in [5.74, 6) is -0.153. The second-order valence-corrected chi connectivity index (χ2v) is 3.04. The quantitative estimate of drug-likeness (QED) is 0.814. The van der Waals surface area contributed by atoms with Crippen molar-refractivity contribution in [3.05, 3.63) is 23.8 Å². The highest BCUT2D eigenvalue weighted by Crippen LogP contribution is 2.29. The second kappa shape index (κ2) is 4.18. The largest absolute Gasteiger partial charge is 0.573 e. The van der Waals surface area contributed by atoms with Gasteiger partial charge in [-0.15, -0.1) is 25.6 Å². The van der Waals surface area contributed by atoms with Crippen LogP contribution in [0.1, 0.15) is 5.56 Å². The summed E-state index contributed by atoms with van der Waals surface area (Å²) in [4.78, 5) is 0. The molecular weight excluding hydrogens is 231 g/mol. The van der Waals surface area contributed by atoms with E-state index < -0.39 is 6.36 Å². The Morgan fingerprint density at radius 3 is 2.67 bits per heavy atom. The minimum atomic E-state index is -4.61. The van der Waals surface area contributed by atoms with Crippen LogP contribution in [0, 0.1) is 0 Å². The van der Waals surface area contributed by atoms with Gasteiger partial charge in [-0.25, -0.2) is 0 Å². The zero-order valence-corrected chi connectivity index (χ0v) is 8.41. The van der Waals surface area contributed by atoms with Crippen LogP contribution in [0.3, 0.4) is 0 Å². The van der Waals surface area contributed by atoms with E-state index in [1.54, 1.807) is 6.07 Å². The summed E-state index contributed by atoms with van der Waals surface area (Å²) in [7, 11) is 0. The minimum absolute atomic E-state index is 0. The molecule has 1 aromatic rings. The molecule has 0 radical (unpaired) electrons. The van der Waals surface area contributed by atoms with Crippen molar-refractivity contribution in [1.82, 2.24) is 0 Å². The van der Waals surface area contributed by atoms with Crippen molar-refractivity contribution in [3.8, 4) is 5.75 Å². The number of anilines is 1. The van der Waals surface area contributed by atoms with E-state index in [1.165, 1.54) is 12.1 Å². The number of halogens is 4. The molecule has 0 fully saturated rings. The number of benzene rings is 1.